The first-order valence-electron chi connectivity index (χ1n) is 6.28. The van der Waals surface area contributed by atoms with Gasteiger partial charge in [0.25, 0.3) is 0 Å². The summed E-state index contributed by atoms with van der Waals surface area (Å²) >= 11 is 3.57. The summed E-state index contributed by atoms with van der Waals surface area (Å²) < 4.78 is 4.67. The second kappa shape index (κ2) is 4.99. The first-order chi connectivity index (χ1) is 9.58. The van der Waals surface area contributed by atoms with Crippen molar-refractivity contribution in [1.82, 2.24) is 24.4 Å². The quantitative estimate of drug-likeness (QED) is 0.792. The van der Waals surface area contributed by atoms with E-state index in [1.54, 1.807) is 23.1 Å². The molecule has 0 aromatic carbocycles. The van der Waals surface area contributed by atoms with E-state index in [1.807, 2.05) is 24.9 Å². The van der Waals surface area contributed by atoms with E-state index in [9.17, 15) is 0 Å². The van der Waals surface area contributed by atoms with Gasteiger partial charge in [-0.2, -0.15) is 10.2 Å². The Morgan fingerprint density at radius 3 is 2.90 bits per heavy atom. The SMILES string of the molecule is Cc1nn(C)c(CC(N)c2cnn3ccncc23)c1Br. The molecule has 0 aliphatic carbocycles. The zero-order chi connectivity index (χ0) is 14.3. The molecule has 0 spiro atoms. The summed E-state index contributed by atoms with van der Waals surface area (Å²) in [4.78, 5) is 4.13. The second-order valence-electron chi connectivity index (χ2n) is 4.79. The second-order valence-corrected chi connectivity index (χ2v) is 5.58. The molecule has 6 nitrogen and oxygen atoms in total. The van der Waals surface area contributed by atoms with Crippen LogP contribution in [-0.4, -0.2) is 24.4 Å². The lowest BCUT2D eigenvalue weighted by atomic mass is 10.0. The van der Waals surface area contributed by atoms with Gasteiger partial charge in [0.15, 0.2) is 0 Å². The fraction of sp³-hybridized carbons (Fsp3) is 0.308. The van der Waals surface area contributed by atoms with Gasteiger partial charge in [-0.25, -0.2) is 4.52 Å². The van der Waals surface area contributed by atoms with Crippen LogP contribution in [0.1, 0.15) is 23.0 Å². The molecule has 0 amide bonds. The fourth-order valence-corrected chi connectivity index (χ4v) is 2.86. The van der Waals surface area contributed by atoms with E-state index in [-0.39, 0.29) is 6.04 Å². The third kappa shape index (κ3) is 2.12. The summed E-state index contributed by atoms with van der Waals surface area (Å²) in [6, 6.07) is -0.150. The Kier molecular flexibility index (Phi) is 3.31. The zero-order valence-electron chi connectivity index (χ0n) is 11.3. The highest BCUT2D eigenvalue weighted by Gasteiger charge is 2.18. The van der Waals surface area contributed by atoms with Crippen LogP contribution in [0.25, 0.3) is 5.52 Å². The predicted molar refractivity (Wildman–Crippen MR) is 79.3 cm³/mol. The Labute approximate surface area is 124 Å². The minimum Gasteiger partial charge on any atom is -0.324 e. The van der Waals surface area contributed by atoms with Crippen molar-refractivity contribution in [3.05, 3.63) is 46.2 Å². The van der Waals surface area contributed by atoms with Crippen LogP contribution in [0.5, 0.6) is 0 Å². The molecule has 0 bridgehead atoms. The van der Waals surface area contributed by atoms with Crippen molar-refractivity contribution in [3.63, 3.8) is 0 Å². The molecule has 1 unspecified atom stereocenters. The maximum Gasteiger partial charge on any atom is 0.0892 e. The molecule has 3 heterocycles. The molecule has 20 heavy (non-hydrogen) atoms. The topological polar surface area (TPSA) is 74.0 Å². The Bertz CT molecular complexity index is 759. The number of rotatable bonds is 3. The summed E-state index contributed by atoms with van der Waals surface area (Å²) in [6.07, 6.45) is 7.80. The molecule has 3 rings (SSSR count). The van der Waals surface area contributed by atoms with E-state index in [1.165, 1.54) is 0 Å². The minimum absolute atomic E-state index is 0.150. The summed E-state index contributed by atoms with van der Waals surface area (Å²) in [5.74, 6) is 0. The first kappa shape index (κ1) is 13.3. The summed E-state index contributed by atoms with van der Waals surface area (Å²) in [5.41, 5.74) is 10.3. The first-order valence-corrected chi connectivity index (χ1v) is 7.08. The van der Waals surface area contributed by atoms with E-state index in [0.29, 0.717) is 6.42 Å². The Balaban J connectivity index is 1.95. The van der Waals surface area contributed by atoms with Crippen LogP contribution >= 0.6 is 15.9 Å². The van der Waals surface area contributed by atoms with Crippen LogP contribution in [0.15, 0.2) is 29.3 Å². The van der Waals surface area contributed by atoms with Gasteiger partial charge in [0.1, 0.15) is 0 Å². The van der Waals surface area contributed by atoms with Crippen LogP contribution in [0, 0.1) is 6.92 Å². The van der Waals surface area contributed by atoms with Gasteiger partial charge in [0, 0.05) is 37.5 Å². The lowest BCUT2D eigenvalue weighted by Gasteiger charge is -2.11. The normalized spacial score (nSPS) is 13.0. The summed E-state index contributed by atoms with van der Waals surface area (Å²) in [6.45, 7) is 1.97. The number of hydrogen-bond donors (Lipinski definition) is 1. The highest BCUT2D eigenvalue weighted by Crippen LogP contribution is 2.26. The molecule has 2 N–H and O–H groups in total. The average Bonchev–Trinajstić information content (AvgIpc) is 2.96. The van der Waals surface area contributed by atoms with E-state index >= 15 is 0 Å². The van der Waals surface area contributed by atoms with Crippen LogP contribution in [0.2, 0.25) is 0 Å². The Hall–Kier alpha value is -1.73. The van der Waals surface area contributed by atoms with Gasteiger partial charge in [0.2, 0.25) is 0 Å². The van der Waals surface area contributed by atoms with Crippen molar-refractivity contribution in [2.24, 2.45) is 12.8 Å². The molecule has 3 aromatic rings. The molecule has 0 radical (unpaired) electrons. The minimum atomic E-state index is -0.150. The molecule has 104 valence electrons. The third-order valence-corrected chi connectivity index (χ3v) is 4.46. The van der Waals surface area contributed by atoms with Gasteiger partial charge >= 0.3 is 0 Å². The standard InChI is InChI=1S/C13H15BrN6/c1-8-13(14)11(19(2)18-8)5-10(15)9-6-17-20-4-3-16-7-12(9)20/h3-4,6-7,10H,5,15H2,1-2H3. The number of aryl methyl sites for hydroxylation is 2. The van der Waals surface area contributed by atoms with Gasteiger partial charge in [-0.1, -0.05) is 0 Å². The number of fused-ring (bicyclic) bond motifs is 1. The molecule has 0 aliphatic rings. The molecular formula is C13H15BrN6. The van der Waals surface area contributed by atoms with Crippen molar-refractivity contribution in [1.29, 1.82) is 0 Å². The van der Waals surface area contributed by atoms with E-state index < -0.39 is 0 Å². The van der Waals surface area contributed by atoms with Crippen LogP contribution < -0.4 is 5.73 Å². The van der Waals surface area contributed by atoms with Crippen LogP contribution in [0.3, 0.4) is 0 Å². The Morgan fingerprint density at radius 1 is 1.40 bits per heavy atom. The van der Waals surface area contributed by atoms with Gasteiger partial charge in [-0.05, 0) is 22.9 Å². The molecule has 3 aromatic heterocycles. The maximum absolute atomic E-state index is 6.34. The van der Waals surface area contributed by atoms with Gasteiger partial charge in [-0.3, -0.25) is 9.67 Å². The number of halogens is 1. The molecule has 1 atom stereocenters. The van der Waals surface area contributed by atoms with E-state index in [4.69, 9.17) is 5.73 Å². The highest BCUT2D eigenvalue weighted by atomic mass is 79.9. The van der Waals surface area contributed by atoms with Crippen molar-refractivity contribution < 1.29 is 0 Å². The van der Waals surface area contributed by atoms with Gasteiger partial charge < -0.3 is 5.73 Å². The van der Waals surface area contributed by atoms with Gasteiger partial charge in [-0.15, -0.1) is 0 Å². The molecule has 0 fully saturated rings. The summed E-state index contributed by atoms with van der Waals surface area (Å²) in [5, 5.41) is 8.68. The maximum atomic E-state index is 6.34. The lowest BCUT2D eigenvalue weighted by Crippen LogP contribution is -2.15. The average molecular weight is 335 g/mol. The highest BCUT2D eigenvalue weighted by molar-refractivity contribution is 9.10. The smallest absolute Gasteiger partial charge is 0.0892 e. The van der Waals surface area contributed by atoms with E-state index in [2.05, 4.69) is 31.1 Å². The molecule has 7 heteroatoms. The lowest BCUT2D eigenvalue weighted by molar-refractivity contribution is 0.640. The van der Waals surface area contributed by atoms with Crippen LogP contribution in [0.4, 0.5) is 0 Å². The molecule has 0 saturated heterocycles. The number of nitrogens with two attached hydrogens (primary N) is 1. The monoisotopic (exact) mass is 334 g/mol. The molecular weight excluding hydrogens is 320 g/mol. The number of aromatic nitrogens is 5. The molecule has 0 saturated carbocycles. The van der Waals surface area contributed by atoms with Crippen LogP contribution in [-0.2, 0) is 13.5 Å². The Morgan fingerprint density at radius 2 is 2.20 bits per heavy atom. The third-order valence-electron chi connectivity index (χ3n) is 3.43. The van der Waals surface area contributed by atoms with Crippen molar-refractivity contribution in [2.45, 2.75) is 19.4 Å². The predicted octanol–water partition coefficient (Wildman–Crippen LogP) is 1.78. The van der Waals surface area contributed by atoms with Crippen molar-refractivity contribution in [3.8, 4) is 0 Å². The fourth-order valence-electron chi connectivity index (χ4n) is 2.36. The number of hydrogen-bond acceptors (Lipinski definition) is 4. The zero-order valence-corrected chi connectivity index (χ0v) is 12.9. The molecule has 0 aliphatic heterocycles. The number of nitrogens with zero attached hydrogens (tertiary/aromatic N) is 5. The van der Waals surface area contributed by atoms with Gasteiger partial charge in [0.05, 0.1) is 33.8 Å². The summed E-state index contributed by atoms with van der Waals surface area (Å²) in [7, 11) is 1.93. The van der Waals surface area contributed by atoms with E-state index in [0.717, 1.165) is 26.9 Å². The van der Waals surface area contributed by atoms with Crippen molar-refractivity contribution >= 4 is 21.4 Å². The van der Waals surface area contributed by atoms with Crippen molar-refractivity contribution in [2.75, 3.05) is 0 Å². The largest absolute Gasteiger partial charge is 0.324 e.